The van der Waals surface area contributed by atoms with Gasteiger partial charge in [0.15, 0.2) is 5.78 Å². The van der Waals surface area contributed by atoms with Crippen molar-refractivity contribution in [2.75, 3.05) is 39.9 Å². The lowest BCUT2D eigenvalue weighted by Gasteiger charge is -2.34. The molecule has 1 unspecified atom stereocenters. The molecule has 0 bridgehead atoms. The Hall–Kier alpha value is -2.37. The molecule has 2 aromatic rings. The van der Waals surface area contributed by atoms with Crippen LogP contribution in [0.5, 0.6) is 11.5 Å². The van der Waals surface area contributed by atoms with E-state index in [0.717, 1.165) is 43.1 Å². The van der Waals surface area contributed by atoms with E-state index in [1.165, 1.54) is 31.5 Å². The van der Waals surface area contributed by atoms with Crippen LogP contribution in [-0.2, 0) is 0 Å². The highest BCUT2D eigenvalue weighted by atomic mass is 16.5. The number of likely N-dealkylation sites (tertiary alicyclic amines) is 2. The molecule has 2 heterocycles. The number of hydrogen-bond acceptors (Lipinski definition) is 5. The second kappa shape index (κ2) is 11.2. The summed E-state index contributed by atoms with van der Waals surface area (Å²) in [5.41, 5.74) is 1.99. The molecule has 0 saturated carbocycles. The summed E-state index contributed by atoms with van der Waals surface area (Å²) in [4.78, 5) is 17.7. The second-order valence-electron chi connectivity index (χ2n) is 9.74. The summed E-state index contributed by atoms with van der Waals surface area (Å²) in [6, 6.07) is 16.8. The molecule has 5 heteroatoms. The first-order chi connectivity index (χ1) is 16.0. The topological polar surface area (TPSA) is 42.0 Å². The fourth-order valence-corrected chi connectivity index (χ4v) is 5.11. The Bertz CT molecular complexity index is 904. The molecular formula is C28H38N2O3. The molecule has 4 rings (SSSR count). The van der Waals surface area contributed by atoms with E-state index in [2.05, 4.69) is 47.9 Å². The maximum Gasteiger partial charge on any atom is 0.176 e. The molecule has 2 aromatic carbocycles. The fourth-order valence-electron chi connectivity index (χ4n) is 5.11. The number of Topliss-reactive ketones (excluding diaryl/α,β-unsaturated/α-hetero) is 1. The van der Waals surface area contributed by atoms with Gasteiger partial charge in [0.05, 0.1) is 20.3 Å². The molecular weight excluding hydrogens is 412 g/mol. The van der Waals surface area contributed by atoms with Crippen LogP contribution >= 0.6 is 0 Å². The smallest absolute Gasteiger partial charge is 0.176 e. The van der Waals surface area contributed by atoms with E-state index in [4.69, 9.17) is 9.47 Å². The zero-order chi connectivity index (χ0) is 23.2. The van der Waals surface area contributed by atoms with Gasteiger partial charge in [-0.05, 0) is 107 Å². The van der Waals surface area contributed by atoms with Crippen molar-refractivity contribution in [1.82, 2.24) is 9.80 Å². The van der Waals surface area contributed by atoms with Gasteiger partial charge in [-0.3, -0.25) is 9.69 Å². The Labute approximate surface area is 198 Å². The number of ether oxygens (including phenoxy) is 2. The molecule has 0 N–H and O–H groups in total. The van der Waals surface area contributed by atoms with E-state index in [9.17, 15) is 4.79 Å². The summed E-state index contributed by atoms with van der Waals surface area (Å²) in [7, 11) is 1.64. The van der Waals surface area contributed by atoms with Crippen LogP contribution in [0, 0.1) is 5.92 Å². The zero-order valence-corrected chi connectivity index (χ0v) is 20.3. The number of carbonyl (C=O) groups is 1. The maximum absolute atomic E-state index is 12.9. The van der Waals surface area contributed by atoms with Crippen molar-refractivity contribution in [3.8, 4) is 11.5 Å². The molecule has 0 amide bonds. The average Bonchev–Trinajstić information content (AvgIpc) is 3.31. The average molecular weight is 451 g/mol. The molecule has 0 aromatic heterocycles. The first-order valence-electron chi connectivity index (χ1n) is 12.4. The number of hydrogen-bond donors (Lipinski definition) is 0. The van der Waals surface area contributed by atoms with Gasteiger partial charge in [0, 0.05) is 17.6 Å². The monoisotopic (exact) mass is 450 g/mol. The van der Waals surface area contributed by atoms with Gasteiger partial charge in [-0.2, -0.15) is 0 Å². The van der Waals surface area contributed by atoms with Crippen LogP contribution in [0.4, 0.5) is 0 Å². The van der Waals surface area contributed by atoms with Crippen LogP contribution in [0.15, 0.2) is 48.5 Å². The third-order valence-electron chi connectivity index (χ3n) is 7.23. The predicted octanol–water partition coefficient (Wildman–Crippen LogP) is 5.21. The van der Waals surface area contributed by atoms with Gasteiger partial charge in [-0.15, -0.1) is 0 Å². The van der Waals surface area contributed by atoms with Gasteiger partial charge >= 0.3 is 0 Å². The number of benzene rings is 2. The third kappa shape index (κ3) is 6.15. The van der Waals surface area contributed by atoms with Gasteiger partial charge < -0.3 is 14.4 Å². The molecule has 33 heavy (non-hydrogen) atoms. The van der Waals surface area contributed by atoms with E-state index >= 15 is 0 Å². The number of piperidine rings is 1. The summed E-state index contributed by atoms with van der Waals surface area (Å²) < 4.78 is 11.4. The summed E-state index contributed by atoms with van der Waals surface area (Å²) in [5.74, 6) is 2.51. The molecule has 1 atom stereocenters. The van der Waals surface area contributed by atoms with Crippen molar-refractivity contribution in [1.29, 1.82) is 0 Å². The van der Waals surface area contributed by atoms with E-state index in [1.807, 2.05) is 24.3 Å². The lowest BCUT2D eigenvalue weighted by atomic mass is 9.97. The lowest BCUT2D eigenvalue weighted by molar-refractivity contribution is 0.0921. The highest BCUT2D eigenvalue weighted by Gasteiger charge is 2.28. The van der Waals surface area contributed by atoms with Crippen molar-refractivity contribution < 1.29 is 14.3 Å². The minimum atomic E-state index is 0.157. The number of carbonyl (C=O) groups excluding carboxylic acids is 1. The molecule has 0 aliphatic carbocycles. The minimum Gasteiger partial charge on any atom is -0.497 e. The summed E-state index contributed by atoms with van der Waals surface area (Å²) in [6.07, 6.45) is 4.61. The quantitative estimate of drug-likeness (QED) is 0.490. The van der Waals surface area contributed by atoms with Crippen molar-refractivity contribution in [3.63, 3.8) is 0 Å². The van der Waals surface area contributed by atoms with E-state index in [-0.39, 0.29) is 11.8 Å². The molecule has 2 saturated heterocycles. The van der Waals surface area contributed by atoms with Crippen LogP contribution in [0.25, 0.3) is 0 Å². The van der Waals surface area contributed by atoms with Gasteiger partial charge in [-0.1, -0.05) is 12.1 Å². The highest BCUT2D eigenvalue weighted by Crippen LogP contribution is 2.34. The standard InChI is InChI=1S/C28H38N2O3/c1-21(2)29-16-13-22(14-17-29)20-33-26-7-4-6-24(18-26)27-8-5-15-30(27)19-28(31)23-9-11-25(32-3)12-10-23/h4,6-7,9-12,18,21-22,27H,5,8,13-17,19-20H2,1-3H3. The van der Waals surface area contributed by atoms with Crippen LogP contribution < -0.4 is 9.47 Å². The van der Waals surface area contributed by atoms with Gasteiger partial charge in [0.1, 0.15) is 11.5 Å². The molecule has 0 spiro atoms. The first kappa shape index (κ1) is 23.8. The Morgan fingerprint density at radius 1 is 1.00 bits per heavy atom. The summed E-state index contributed by atoms with van der Waals surface area (Å²) >= 11 is 0. The number of methoxy groups -OCH3 is 1. The molecule has 2 aliphatic rings. The molecule has 178 valence electrons. The van der Waals surface area contributed by atoms with Gasteiger partial charge in [-0.25, -0.2) is 0 Å². The number of rotatable bonds is 9. The molecule has 5 nitrogen and oxygen atoms in total. The van der Waals surface area contributed by atoms with Crippen molar-refractivity contribution in [2.45, 2.75) is 51.6 Å². The van der Waals surface area contributed by atoms with Crippen LogP contribution in [-0.4, -0.2) is 61.5 Å². The third-order valence-corrected chi connectivity index (χ3v) is 7.23. The van der Waals surface area contributed by atoms with Crippen molar-refractivity contribution >= 4 is 5.78 Å². The van der Waals surface area contributed by atoms with E-state index < -0.39 is 0 Å². The Balaban J connectivity index is 1.33. The van der Waals surface area contributed by atoms with Crippen molar-refractivity contribution in [3.05, 3.63) is 59.7 Å². The predicted molar refractivity (Wildman–Crippen MR) is 132 cm³/mol. The second-order valence-corrected chi connectivity index (χ2v) is 9.74. The summed E-state index contributed by atoms with van der Waals surface area (Å²) in [5, 5.41) is 0. The molecule has 2 fully saturated rings. The number of ketones is 1. The highest BCUT2D eigenvalue weighted by molar-refractivity contribution is 5.97. The van der Waals surface area contributed by atoms with Gasteiger partial charge in [0.25, 0.3) is 0 Å². The lowest BCUT2D eigenvalue weighted by Crippen LogP contribution is -2.39. The number of nitrogens with zero attached hydrogens (tertiary/aromatic N) is 2. The van der Waals surface area contributed by atoms with Crippen LogP contribution in [0.1, 0.15) is 61.5 Å². The van der Waals surface area contributed by atoms with E-state index in [1.54, 1.807) is 7.11 Å². The normalized spacial score (nSPS) is 20.3. The fraction of sp³-hybridized carbons (Fsp3) is 0.536. The largest absolute Gasteiger partial charge is 0.497 e. The Morgan fingerprint density at radius 2 is 1.76 bits per heavy atom. The summed E-state index contributed by atoms with van der Waals surface area (Å²) in [6.45, 7) is 9.08. The van der Waals surface area contributed by atoms with Gasteiger partial charge in [0.2, 0.25) is 0 Å². The molecule has 0 radical (unpaired) electrons. The van der Waals surface area contributed by atoms with Crippen LogP contribution in [0.3, 0.4) is 0 Å². The first-order valence-corrected chi connectivity index (χ1v) is 12.4. The Kier molecular flexibility index (Phi) is 8.05. The molecule has 2 aliphatic heterocycles. The van der Waals surface area contributed by atoms with E-state index in [0.29, 0.717) is 18.5 Å². The maximum atomic E-state index is 12.9. The van der Waals surface area contributed by atoms with Crippen molar-refractivity contribution in [2.24, 2.45) is 5.92 Å². The van der Waals surface area contributed by atoms with Crippen LogP contribution in [0.2, 0.25) is 0 Å². The minimum absolute atomic E-state index is 0.157. The Morgan fingerprint density at radius 3 is 2.45 bits per heavy atom. The zero-order valence-electron chi connectivity index (χ0n) is 20.3. The SMILES string of the molecule is COc1ccc(C(=O)CN2CCCC2c2cccc(OCC3CCN(C(C)C)CC3)c2)cc1.